The second-order valence-corrected chi connectivity index (χ2v) is 28.3. The van der Waals surface area contributed by atoms with Crippen LogP contribution in [0.25, 0.3) is 10.8 Å². The van der Waals surface area contributed by atoms with Gasteiger partial charge < -0.3 is 18.7 Å². The zero-order valence-electron chi connectivity index (χ0n) is 35.7. The summed E-state index contributed by atoms with van der Waals surface area (Å²) in [5.41, 5.74) is 8.25. The van der Waals surface area contributed by atoms with Crippen LogP contribution in [0.1, 0.15) is 143 Å². The van der Waals surface area contributed by atoms with Gasteiger partial charge in [-0.3, -0.25) is 0 Å². The highest BCUT2D eigenvalue weighted by molar-refractivity contribution is 6.79. The molecule has 2 aromatic carbocycles. The topological polar surface area (TPSA) is 47.9 Å². The summed E-state index contributed by atoms with van der Waals surface area (Å²) >= 11 is 7.08. The van der Waals surface area contributed by atoms with E-state index in [4.69, 9.17) is 25.2 Å². The van der Waals surface area contributed by atoms with Crippen LogP contribution in [0, 0.1) is 0 Å². The first kappa shape index (κ1) is 45.0. The third-order valence-corrected chi connectivity index (χ3v) is 23.7. The van der Waals surface area contributed by atoms with Gasteiger partial charge in [0, 0.05) is 11.6 Å². The van der Waals surface area contributed by atoms with Gasteiger partial charge in [-0.1, -0.05) is 129 Å². The molecule has 0 saturated heterocycles. The molecule has 288 valence electrons. The van der Waals surface area contributed by atoms with Crippen LogP contribution in [0.15, 0.2) is 46.6 Å². The summed E-state index contributed by atoms with van der Waals surface area (Å²) in [6.07, 6.45) is 8.08. The predicted molar refractivity (Wildman–Crippen MR) is 230 cm³/mol. The lowest BCUT2D eigenvalue weighted by atomic mass is 9.92. The largest absolute Gasteiger partial charge is 0.543 e. The number of halogens is 1. The number of benzene rings is 2. The molecule has 2 rings (SSSR count). The van der Waals surface area contributed by atoms with E-state index >= 15 is 0 Å². The summed E-state index contributed by atoms with van der Waals surface area (Å²) in [5.74, 6) is 2.06. The molecule has 0 aromatic heterocycles. The number of methoxy groups -OCH3 is 1. The molecular formula is C44H73ClO4Si2. The highest BCUT2D eigenvalue weighted by Crippen LogP contribution is 2.53. The van der Waals surface area contributed by atoms with Crippen molar-refractivity contribution in [2.75, 3.05) is 7.11 Å². The minimum absolute atomic E-state index is 0.0623. The van der Waals surface area contributed by atoms with Gasteiger partial charge in [-0.15, -0.1) is 0 Å². The van der Waals surface area contributed by atoms with E-state index in [-0.39, 0.29) is 10.8 Å². The van der Waals surface area contributed by atoms with Crippen LogP contribution in [-0.2, 0) is 6.42 Å². The minimum Gasteiger partial charge on any atom is -0.543 e. The first-order valence-corrected chi connectivity index (χ1v) is 24.1. The lowest BCUT2D eigenvalue weighted by Gasteiger charge is -2.44. The van der Waals surface area contributed by atoms with Crippen molar-refractivity contribution in [1.29, 1.82) is 0 Å². The van der Waals surface area contributed by atoms with Crippen LogP contribution in [0.4, 0.5) is 0 Å². The van der Waals surface area contributed by atoms with Crippen LogP contribution < -0.4 is 13.6 Å². The summed E-state index contributed by atoms with van der Waals surface area (Å²) in [7, 11) is -3.15. The Hall–Kier alpha value is -2.16. The molecule has 0 amide bonds. The molecule has 0 fully saturated rings. The number of phenols is 1. The van der Waals surface area contributed by atoms with E-state index in [9.17, 15) is 5.11 Å². The molecule has 0 spiro atoms. The average Bonchev–Trinajstić information content (AvgIpc) is 3.01. The van der Waals surface area contributed by atoms with Crippen molar-refractivity contribution < 1.29 is 18.7 Å². The number of hydrogen-bond acceptors (Lipinski definition) is 4. The second-order valence-electron chi connectivity index (χ2n) is 17.2. The molecule has 51 heavy (non-hydrogen) atoms. The molecule has 0 atom stereocenters. The predicted octanol–water partition coefficient (Wildman–Crippen LogP) is 15.3. The van der Waals surface area contributed by atoms with Crippen molar-refractivity contribution >= 4 is 39.0 Å². The first-order valence-electron chi connectivity index (χ1n) is 19.5. The zero-order chi connectivity index (χ0) is 39.2. The SMILES string of the molecule is COc1c(Cl)c(O)c(CC(CC=C(C)CCC=C(C)C)=C(C)C)c2cc(O[Si](C(C)C)(C(C)C)C(C)C)cc(O[Si](C(C)C)(C(C)C)C(C)C)c12. The van der Waals surface area contributed by atoms with E-state index in [1.54, 1.807) is 7.11 Å². The first-order chi connectivity index (χ1) is 23.6. The summed E-state index contributed by atoms with van der Waals surface area (Å²) in [6, 6.07) is 4.25. The summed E-state index contributed by atoms with van der Waals surface area (Å²) < 4.78 is 21.0. The Morgan fingerprint density at radius 2 is 1.24 bits per heavy atom. The van der Waals surface area contributed by atoms with Crippen LogP contribution >= 0.6 is 11.6 Å². The van der Waals surface area contributed by atoms with E-state index in [0.29, 0.717) is 45.4 Å². The molecule has 0 saturated carbocycles. The molecule has 0 radical (unpaired) electrons. The lowest BCUT2D eigenvalue weighted by Crippen LogP contribution is -2.51. The van der Waals surface area contributed by atoms with Gasteiger partial charge in [0.2, 0.25) is 0 Å². The van der Waals surface area contributed by atoms with Crippen molar-refractivity contribution in [3.63, 3.8) is 0 Å². The molecule has 0 unspecified atom stereocenters. The maximum Gasteiger partial charge on any atom is 0.258 e. The van der Waals surface area contributed by atoms with Crippen molar-refractivity contribution in [3.05, 3.63) is 57.2 Å². The number of phenolic OH excluding ortho intramolecular Hbond substituents is 1. The number of ether oxygens (including phenoxy) is 1. The monoisotopic (exact) mass is 756 g/mol. The van der Waals surface area contributed by atoms with Crippen molar-refractivity contribution in [1.82, 2.24) is 0 Å². The molecule has 0 bridgehead atoms. The fourth-order valence-corrected chi connectivity index (χ4v) is 19.6. The van der Waals surface area contributed by atoms with Gasteiger partial charge in [-0.05, 0) is 105 Å². The van der Waals surface area contributed by atoms with Crippen LogP contribution in [0.2, 0.25) is 38.3 Å². The van der Waals surface area contributed by atoms with Crippen molar-refractivity contribution in [2.45, 2.75) is 177 Å². The number of fused-ring (bicyclic) bond motifs is 1. The Morgan fingerprint density at radius 3 is 1.67 bits per heavy atom. The molecule has 0 aliphatic heterocycles. The maximum atomic E-state index is 11.9. The third-order valence-electron chi connectivity index (χ3n) is 11.4. The van der Waals surface area contributed by atoms with E-state index in [2.05, 4.69) is 142 Å². The highest BCUT2D eigenvalue weighted by atomic mass is 35.5. The Bertz CT molecular complexity index is 1530. The second kappa shape index (κ2) is 18.7. The molecule has 0 aliphatic rings. The molecule has 4 nitrogen and oxygen atoms in total. The van der Waals surface area contributed by atoms with Crippen LogP contribution in [0.5, 0.6) is 23.0 Å². The minimum atomic E-state index is -2.44. The van der Waals surface area contributed by atoms with E-state index in [1.807, 2.05) is 0 Å². The van der Waals surface area contributed by atoms with Gasteiger partial charge in [0.15, 0.2) is 5.75 Å². The molecule has 1 N–H and O–H groups in total. The summed E-state index contributed by atoms with van der Waals surface area (Å²) in [6.45, 7) is 38.6. The Labute approximate surface area is 320 Å². The van der Waals surface area contributed by atoms with E-state index < -0.39 is 16.6 Å². The standard InChI is InChI=1S/C44H73ClO4Si2/c1-27(2)20-19-21-35(17)22-23-36(28(3)4)24-39-38-25-37(48-50(29(5)6,30(7)8)31(9)10)26-40(41(38)44(47-18)42(45)43(39)46)49-51(32(11)12,33(13)14)34(15)16/h20,22,25-26,29-34,46H,19,21,23-24H2,1-18H3. The van der Waals surface area contributed by atoms with Gasteiger partial charge in [-0.25, -0.2) is 0 Å². The molecule has 0 aliphatic carbocycles. The quantitative estimate of drug-likeness (QED) is 0.122. The van der Waals surface area contributed by atoms with Gasteiger partial charge in [0.25, 0.3) is 16.6 Å². The van der Waals surface area contributed by atoms with E-state index in [1.165, 1.54) is 22.3 Å². The maximum absolute atomic E-state index is 11.9. The van der Waals surface area contributed by atoms with Gasteiger partial charge in [0.1, 0.15) is 22.3 Å². The number of allylic oxidation sites excluding steroid dienone is 6. The number of rotatable bonds is 18. The summed E-state index contributed by atoms with van der Waals surface area (Å²) in [4.78, 5) is 0. The molecule has 2 aromatic rings. The summed E-state index contributed by atoms with van der Waals surface area (Å²) in [5, 5.41) is 13.9. The van der Waals surface area contributed by atoms with Crippen molar-refractivity contribution in [2.24, 2.45) is 0 Å². The number of hydrogen-bond donors (Lipinski definition) is 1. The smallest absolute Gasteiger partial charge is 0.258 e. The Balaban J connectivity index is 3.09. The fraction of sp³-hybridized carbons (Fsp3) is 0.636. The van der Waals surface area contributed by atoms with Crippen LogP contribution in [0.3, 0.4) is 0 Å². The van der Waals surface area contributed by atoms with Gasteiger partial charge in [-0.2, -0.15) is 0 Å². The van der Waals surface area contributed by atoms with Gasteiger partial charge >= 0.3 is 0 Å². The highest BCUT2D eigenvalue weighted by Gasteiger charge is 2.49. The molecule has 7 heteroatoms. The molecular weight excluding hydrogens is 684 g/mol. The van der Waals surface area contributed by atoms with E-state index in [0.717, 1.165) is 47.1 Å². The van der Waals surface area contributed by atoms with Crippen molar-refractivity contribution in [3.8, 4) is 23.0 Å². The van der Waals surface area contributed by atoms with Gasteiger partial charge in [0.05, 0.1) is 12.5 Å². The molecule has 0 heterocycles. The fourth-order valence-electron chi connectivity index (χ4n) is 8.81. The Kier molecular flexibility index (Phi) is 16.5. The normalized spacial score (nSPS) is 13.0. The number of aromatic hydroxyl groups is 1. The zero-order valence-corrected chi connectivity index (χ0v) is 38.4. The van der Waals surface area contributed by atoms with Crippen LogP contribution in [-0.4, -0.2) is 28.9 Å². The Morgan fingerprint density at radius 1 is 0.745 bits per heavy atom. The third kappa shape index (κ3) is 9.89. The average molecular weight is 758 g/mol. The lowest BCUT2D eigenvalue weighted by molar-refractivity contribution is 0.409.